The fraction of sp³-hybridized carbons (Fsp3) is 0.765. The van der Waals surface area contributed by atoms with Gasteiger partial charge in [-0.25, -0.2) is 4.39 Å². The summed E-state index contributed by atoms with van der Waals surface area (Å²) in [6.45, 7) is 11.7. The summed E-state index contributed by atoms with van der Waals surface area (Å²) >= 11 is 0. The molecule has 1 N–H and O–H groups in total. The van der Waals surface area contributed by atoms with Gasteiger partial charge in [-0.15, -0.1) is 0 Å². The number of nitrogens with one attached hydrogen (secondary N) is 1. The Morgan fingerprint density at radius 3 is 2.41 bits per heavy atom. The summed E-state index contributed by atoms with van der Waals surface area (Å²) in [5, 5.41) is 3.02. The lowest BCUT2D eigenvalue weighted by atomic mass is 9.85. The van der Waals surface area contributed by atoms with Gasteiger partial charge in [0.15, 0.2) is 5.78 Å². The number of carbonyl (C=O) groups excluding carboxylic acids is 2. The van der Waals surface area contributed by atoms with Crippen LogP contribution in [0.1, 0.15) is 53.4 Å². The quantitative estimate of drug-likeness (QED) is 0.849. The lowest BCUT2D eigenvalue weighted by molar-refractivity contribution is -0.140. The maximum absolute atomic E-state index is 14.1. The van der Waals surface area contributed by atoms with Crippen LogP contribution in [0.4, 0.5) is 4.39 Å². The molecule has 0 aromatic heterocycles. The maximum atomic E-state index is 14.1. The first-order valence-corrected chi connectivity index (χ1v) is 8.02. The summed E-state index contributed by atoms with van der Waals surface area (Å²) in [5.41, 5.74) is -1.47. The number of hydrogen-bond acceptors (Lipinski definition) is 3. The average molecular weight is 310 g/mol. The van der Waals surface area contributed by atoms with E-state index in [0.29, 0.717) is 31.5 Å². The van der Waals surface area contributed by atoms with Crippen molar-refractivity contribution in [2.24, 2.45) is 5.41 Å². The Bertz CT molecular complexity index is 491. The molecule has 4 nitrogen and oxygen atoms in total. The number of hydrogen-bond donors (Lipinski definition) is 1. The highest BCUT2D eigenvalue weighted by Gasteiger charge is 2.49. The van der Waals surface area contributed by atoms with Crippen molar-refractivity contribution in [3.8, 4) is 0 Å². The minimum atomic E-state index is -1.37. The summed E-state index contributed by atoms with van der Waals surface area (Å²) in [4.78, 5) is 26.3. The minimum absolute atomic E-state index is 0.0153. The summed E-state index contributed by atoms with van der Waals surface area (Å²) in [6.07, 6.45) is 2.47. The Morgan fingerprint density at radius 2 is 1.95 bits per heavy atom. The molecule has 2 fully saturated rings. The summed E-state index contributed by atoms with van der Waals surface area (Å²) < 4.78 is 14.1. The number of ketones is 1. The predicted molar refractivity (Wildman–Crippen MR) is 84.0 cm³/mol. The van der Waals surface area contributed by atoms with Gasteiger partial charge in [0.05, 0.1) is 6.04 Å². The number of likely N-dealkylation sites (tertiary alicyclic amines) is 1. The van der Waals surface area contributed by atoms with Crippen LogP contribution in [0.3, 0.4) is 0 Å². The standard InChI is InChI=1S/C17H27FN2O2/c1-11(21)13-7-6-10-20(13)15(22)14(16(3,4)5)19-12(2)17(18)8-9-17/h13-14,19H,2,6-10H2,1,3-5H3. The third-order valence-electron chi connectivity index (χ3n) is 4.67. The monoisotopic (exact) mass is 310 g/mol. The van der Waals surface area contributed by atoms with Gasteiger partial charge in [-0.2, -0.15) is 0 Å². The molecule has 2 unspecified atom stereocenters. The van der Waals surface area contributed by atoms with E-state index in [-0.39, 0.29) is 17.7 Å². The van der Waals surface area contributed by atoms with Gasteiger partial charge in [0.2, 0.25) is 5.91 Å². The van der Waals surface area contributed by atoms with Crippen molar-refractivity contribution in [3.05, 3.63) is 12.3 Å². The van der Waals surface area contributed by atoms with E-state index in [1.165, 1.54) is 6.92 Å². The van der Waals surface area contributed by atoms with E-state index >= 15 is 0 Å². The molecule has 22 heavy (non-hydrogen) atoms. The van der Waals surface area contributed by atoms with E-state index in [1.54, 1.807) is 4.90 Å². The first kappa shape index (κ1) is 17.0. The molecule has 1 aliphatic carbocycles. The molecular formula is C17H27FN2O2. The van der Waals surface area contributed by atoms with Crippen molar-refractivity contribution < 1.29 is 14.0 Å². The number of rotatable bonds is 5. The highest BCUT2D eigenvalue weighted by molar-refractivity contribution is 5.90. The Morgan fingerprint density at radius 1 is 1.36 bits per heavy atom. The third-order valence-corrected chi connectivity index (χ3v) is 4.67. The topological polar surface area (TPSA) is 49.4 Å². The molecule has 0 bridgehead atoms. The Hall–Kier alpha value is -1.39. The van der Waals surface area contributed by atoms with E-state index in [2.05, 4.69) is 11.9 Å². The molecule has 124 valence electrons. The second kappa shape index (κ2) is 5.67. The SMILES string of the molecule is C=C(NC(C(=O)N1CCCC1C(C)=O)C(C)(C)C)C1(F)CC1. The van der Waals surface area contributed by atoms with Gasteiger partial charge in [-0.05, 0) is 38.0 Å². The van der Waals surface area contributed by atoms with Gasteiger partial charge in [0, 0.05) is 12.2 Å². The molecule has 2 rings (SSSR count). The van der Waals surface area contributed by atoms with Gasteiger partial charge in [0.25, 0.3) is 0 Å². The maximum Gasteiger partial charge on any atom is 0.246 e. The highest BCUT2D eigenvalue weighted by Crippen LogP contribution is 2.45. The fourth-order valence-electron chi connectivity index (χ4n) is 2.98. The van der Waals surface area contributed by atoms with E-state index < -0.39 is 17.1 Å². The van der Waals surface area contributed by atoms with Gasteiger partial charge < -0.3 is 10.2 Å². The lowest BCUT2D eigenvalue weighted by Gasteiger charge is -2.36. The third kappa shape index (κ3) is 3.33. The van der Waals surface area contributed by atoms with Gasteiger partial charge in [-0.1, -0.05) is 27.4 Å². The Labute approximate surface area is 132 Å². The molecule has 2 atom stereocenters. The van der Waals surface area contributed by atoms with Crippen LogP contribution in [0.5, 0.6) is 0 Å². The molecule has 1 amide bonds. The van der Waals surface area contributed by atoms with E-state index in [1.807, 2.05) is 20.8 Å². The van der Waals surface area contributed by atoms with Crippen molar-refractivity contribution >= 4 is 11.7 Å². The first-order chi connectivity index (χ1) is 10.1. The van der Waals surface area contributed by atoms with Crippen LogP contribution in [0.2, 0.25) is 0 Å². The normalized spacial score (nSPS) is 24.8. The molecule has 1 aliphatic heterocycles. The van der Waals surface area contributed by atoms with Crippen molar-refractivity contribution in [3.63, 3.8) is 0 Å². The molecule has 2 aliphatic rings. The van der Waals surface area contributed by atoms with Crippen LogP contribution in [-0.2, 0) is 9.59 Å². The van der Waals surface area contributed by atoms with Gasteiger partial charge in [0.1, 0.15) is 11.7 Å². The Balaban J connectivity index is 2.16. The van der Waals surface area contributed by atoms with Crippen molar-refractivity contribution in [2.45, 2.75) is 71.1 Å². The summed E-state index contributed by atoms with van der Waals surface area (Å²) in [5.74, 6) is -0.114. The lowest BCUT2D eigenvalue weighted by Crippen LogP contribution is -2.55. The number of allylic oxidation sites excluding steroid dienone is 1. The van der Waals surface area contributed by atoms with Crippen LogP contribution < -0.4 is 5.32 Å². The molecule has 0 aromatic carbocycles. The van der Waals surface area contributed by atoms with Crippen LogP contribution in [-0.4, -0.2) is 40.9 Å². The largest absolute Gasteiger partial charge is 0.374 e. The highest BCUT2D eigenvalue weighted by atomic mass is 19.1. The number of alkyl halides is 1. The van der Waals surface area contributed by atoms with Crippen LogP contribution in [0.15, 0.2) is 12.3 Å². The van der Waals surface area contributed by atoms with Crippen molar-refractivity contribution in [1.29, 1.82) is 0 Å². The van der Waals surface area contributed by atoms with E-state index in [4.69, 9.17) is 0 Å². The molecule has 5 heteroatoms. The molecule has 0 spiro atoms. The van der Waals surface area contributed by atoms with E-state index in [0.717, 1.165) is 6.42 Å². The minimum Gasteiger partial charge on any atom is -0.374 e. The molecular weight excluding hydrogens is 283 g/mol. The summed E-state index contributed by atoms with van der Waals surface area (Å²) in [7, 11) is 0. The van der Waals surface area contributed by atoms with Crippen LogP contribution >= 0.6 is 0 Å². The van der Waals surface area contributed by atoms with Crippen molar-refractivity contribution in [1.82, 2.24) is 10.2 Å². The number of amides is 1. The molecule has 1 heterocycles. The fourth-order valence-corrected chi connectivity index (χ4v) is 2.98. The zero-order valence-electron chi connectivity index (χ0n) is 14.0. The smallest absolute Gasteiger partial charge is 0.246 e. The molecule has 0 radical (unpaired) electrons. The van der Waals surface area contributed by atoms with Crippen molar-refractivity contribution in [2.75, 3.05) is 6.54 Å². The zero-order chi connectivity index (χ0) is 16.7. The molecule has 1 saturated carbocycles. The predicted octanol–water partition coefficient (Wildman–Crippen LogP) is 2.59. The average Bonchev–Trinajstić information content (AvgIpc) is 2.97. The molecule has 1 saturated heterocycles. The van der Waals surface area contributed by atoms with Crippen LogP contribution in [0.25, 0.3) is 0 Å². The first-order valence-electron chi connectivity index (χ1n) is 8.02. The second-order valence-corrected chi connectivity index (χ2v) is 7.69. The summed E-state index contributed by atoms with van der Waals surface area (Å²) in [6, 6.07) is -0.916. The molecule has 0 aromatic rings. The van der Waals surface area contributed by atoms with Crippen LogP contribution in [0, 0.1) is 5.41 Å². The second-order valence-electron chi connectivity index (χ2n) is 7.69. The number of nitrogens with zero attached hydrogens (tertiary/aromatic N) is 1. The zero-order valence-corrected chi connectivity index (χ0v) is 14.0. The number of carbonyl (C=O) groups is 2. The van der Waals surface area contributed by atoms with E-state index in [9.17, 15) is 14.0 Å². The number of halogens is 1. The Kier molecular flexibility index (Phi) is 4.37. The van der Waals surface area contributed by atoms with Gasteiger partial charge in [-0.3, -0.25) is 9.59 Å². The van der Waals surface area contributed by atoms with Gasteiger partial charge >= 0.3 is 0 Å². The number of Topliss-reactive ketones (excluding diaryl/α,β-unsaturated/α-hetero) is 1.